The molecule has 7 nitrogen and oxygen atoms in total. The summed E-state index contributed by atoms with van der Waals surface area (Å²) in [6.07, 6.45) is 0. The molecule has 3 aromatic rings. The molecule has 0 fully saturated rings. The fourth-order valence-electron chi connectivity index (χ4n) is 2.71. The van der Waals surface area contributed by atoms with Crippen LogP contribution in [-0.2, 0) is 4.79 Å². The summed E-state index contributed by atoms with van der Waals surface area (Å²) in [6.45, 7) is 0.0919. The lowest BCUT2D eigenvalue weighted by Gasteiger charge is -2.10. The Kier molecular flexibility index (Phi) is 6.89. The molecule has 0 saturated heterocycles. The van der Waals surface area contributed by atoms with Crippen molar-refractivity contribution in [2.24, 2.45) is 0 Å². The molecule has 3 N–H and O–H groups in total. The first-order valence-electron chi connectivity index (χ1n) is 9.30. The summed E-state index contributed by atoms with van der Waals surface area (Å²) < 4.78 is 10.2. The molecule has 3 aromatic carbocycles. The zero-order valence-electron chi connectivity index (χ0n) is 16.8. The Morgan fingerprint density at radius 1 is 0.733 bits per heavy atom. The number of carbonyl (C=O) groups excluding carboxylic acids is 2. The molecule has 0 aromatic heterocycles. The summed E-state index contributed by atoms with van der Waals surface area (Å²) >= 11 is 0. The first-order valence-corrected chi connectivity index (χ1v) is 9.30. The summed E-state index contributed by atoms with van der Waals surface area (Å²) in [4.78, 5) is 24.5. The van der Waals surface area contributed by atoms with Gasteiger partial charge >= 0.3 is 0 Å². The van der Waals surface area contributed by atoms with Crippen LogP contribution in [0.15, 0.2) is 72.8 Å². The standard InChI is InChI=1S/C23H23N3O4/c1-29-20-12-10-18(11-13-20)26-23(28)16-6-8-17(9-7-16)24-15-22(27)25-19-4-3-5-21(14-19)30-2/h3-14,24H,15H2,1-2H3,(H,25,27)(H,26,28). The summed E-state index contributed by atoms with van der Waals surface area (Å²) in [6, 6.07) is 21.1. The van der Waals surface area contributed by atoms with Gasteiger partial charge in [-0.1, -0.05) is 6.07 Å². The quantitative estimate of drug-likeness (QED) is 0.527. The van der Waals surface area contributed by atoms with E-state index in [-0.39, 0.29) is 18.4 Å². The average Bonchev–Trinajstić information content (AvgIpc) is 2.78. The van der Waals surface area contributed by atoms with E-state index in [0.29, 0.717) is 22.7 Å². The van der Waals surface area contributed by atoms with E-state index in [1.807, 2.05) is 0 Å². The summed E-state index contributed by atoms with van der Waals surface area (Å²) in [5.74, 6) is 0.982. The molecule has 0 saturated carbocycles. The van der Waals surface area contributed by atoms with E-state index < -0.39 is 0 Å². The third-order valence-electron chi connectivity index (χ3n) is 4.30. The molecule has 154 valence electrons. The predicted molar refractivity (Wildman–Crippen MR) is 118 cm³/mol. The van der Waals surface area contributed by atoms with Crippen molar-refractivity contribution < 1.29 is 19.1 Å². The largest absolute Gasteiger partial charge is 0.497 e. The van der Waals surface area contributed by atoms with Gasteiger partial charge in [-0.05, 0) is 60.7 Å². The first-order chi connectivity index (χ1) is 14.6. The number of amides is 2. The topological polar surface area (TPSA) is 88.7 Å². The molecular formula is C23H23N3O4. The lowest BCUT2D eigenvalue weighted by molar-refractivity contribution is -0.114. The van der Waals surface area contributed by atoms with Gasteiger partial charge in [0.15, 0.2) is 0 Å². The highest BCUT2D eigenvalue weighted by Gasteiger charge is 2.07. The molecule has 0 aliphatic rings. The van der Waals surface area contributed by atoms with Crippen molar-refractivity contribution in [2.75, 3.05) is 36.7 Å². The highest BCUT2D eigenvalue weighted by Crippen LogP contribution is 2.18. The molecule has 0 radical (unpaired) electrons. The lowest BCUT2D eigenvalue weighted by Crippen LogP contribution is -2.21. The molecule has 7 heteroatoms. The number of ether oxygens (including phenoxy) is 2. The van der Waals surface area contributed by atoms with E-state index in [0.717, 1.165) is 11.4 Å². The first kappa shape index (κ1) is 20.7. The lowest BCUT2D eigenvalue weighted by atomic mass is 10.2. The summed E-state index contributed by atoms with van der Waals surface area (Å²) in [5.41, 5.74) is 2.58. The Morgan fingerprint density at radius 2 is 1.40 bits per heavy atom. The number of hydrogen-bond acceptors (Lipinski definition) is 5. The van der Waals surface area contributed by atoms with Crippen LogP contribution < -0.4 is 25.4 Å². The van der Waals surface area contributed by atoms with Crippen molar-refractivity contribution in [3.05, 3.63) is 78.4 Å². The van der Waals surface area contributed by atoms with Crippen LogP contribution in [0, 0.1) is 0 Å². The molecule has 0 unspecified atom stereocenters. The second kappa shape index (κ2) is 9.97. The van der Waals surface area contributed by atoms with Gasteiger partial charge in [0, 0.05) is 28.7 Å². The molecule has 0 bridgehead atoms. The van der Waals surface area contributed by atoms with Gasteiger partial charge in [-0.15, -0.1) is 0 Å². The number of carbonyl (C=O) groups is 2. The Bertz CT molecular complexity index is 1000. The number of hydrogen-bond donors (Lipinski definition) is 3. The van der Waals surface area contributed by atoms with Gasteiger partial charge in [-0.2, -0.15) is 0 Å². The van der Waals surface area contributed by atoms with Gasteiger partial charge < -0.3 is 25.4 Å². The third-order valence-corrected chi connectivity index (χ3v) is 4.30. The fourth-order valence-corrected chi connectivity index (χ4v) is 2.71. The molecule has 2 amide bonds. The minimum atomic E-state index is -0.220. The maximum absolute atomic E-state index is 12.4. The van der Waals surface area contributed by atoms with E-state index >= 15 is 0 Å². The Balaban J connectivity index is 1.50. The minimum absolute atomic E-state index is 0.0919. The monoisotopic (exact) mass is 405 g/mol. The summed E-state index contributed by atoms with van der Waals surface area (Å²) in [7, 11) is 3.16. The van der Waals surface area contributed by atoms with Crippen LogP contribution in [0.4, 0.5) is 17.1 Å². The van der Waals surface area contributed by atoms with Gasteiger partial charge in [0.05, 0.1) is 20.8 Å². The van der Waals surface area contributed by atoms with Crippen molar-refractivity contribution in [2.45, 2.75) is 0 Å². The molecular weight excluding hydrogens is 382 g/mol. The van der Waals surface area contributed by atoms with E-state index in [1.165, 1.54) is 0 Å². The van der Waals surface area contributed by atoms with Crippen molar-refractivity contribution in [3.63, 3.8) is 0 Å². The highest BCUT2D eigenvalue weighted by atomic mass is 16.5. The number of benzene rings is 3. The zero-order valence-corrected chi connectivity index (χ0v) is 16.8. The Labute approximate surface area is 175 Å². The number of rotatable bonds is 8. The fraction of sp³-hybridized carbons (Fsp3) is 0.130. The van der Waals surface area contributed by atoms with Crippen LogP contribution in [0.25, 0.3) is 0 Å². The van der Waals surface area contributed by atoms with Crippen LogP contribution in [0.1, 0.15) is 10.4 Å². The molecule has 3 rings (SSSR count). The van der Waals surface area contributed by atoms with Gasteiger partial charge in [0.1, 0.15) is 11.5 Å². The number of methoxy groups -OCH3 is 2. The molecule has 0 atom stereocenters. The smallest absolute Gasteiger partial charge is 0.255 e. The molecule has 0 aliphatic heterocycles. The van der Waals surface area contributed by atoms with Crippen LogP contribution in [0.2, 0.25) is 0 Å². The number of nitrogens with one attached hydrogen (secondary N) is 3. The van der Waals surface area contributed by atoms with E-state index in [4.69, 9.17) is 9.47 Å². The second-order valence-electron chi connectivity index (χ2n) is 6.39. The Morgan fingerprint density at radius 3 is 2.07 bits per heavy atom. The van der Waals surface area contributed by atoms with Crippen LogP contribution in [0.5, 0.6) is 11.5 Å². The highest BCUT2D eigenvalue weighted by molar-refractivity contribution is 6.04. The normalized spacial score (nSPS) is 10.1. The maximum atomic E-state index is 12.4. The van der Waals surface area contributed by atoms with Crippen LogP contribution in [-0.4, -0.2) is 32.6 Å². The predicted octanol–water partition coefficient (Wildman–Crippen LogP) is 4.01. The SMILES string of the molecule is COc1ccc(NC(=O)c2ccc(NCC(=O)Nc3cccc(OC)c3)cc2)cc1. The zero-order chi connectivity index (χ0) is 21.3. The van der Waals surface area contributed by atoms with Gasteiger partial charge in [-0.25, -0.2) is 0 Å². The molecule has 30 heavy (non-hydrogen) atoms. The third kappa shape index (κ3) is 5.75. The van der Waals surface area contributed by atoms with Gasteiger partial charge in [-0.3, -0.25) is 9.59 Å². The van der Waals surface area contributed by atoms with Crippen molar-refractivity contribution in [3.8, 4) is 11.5 Å². The van der Waals surface area contributed by atoms with Crippen molar-refractivity contribution >= 4 is 28.9 Å². The number of anilines is 3. The van der Waals surface area contributed by atoms with Gasteiger partial charge in [0.25, 0.3) is 5.91 Å². The molecule has 0 heterocycles. The maximum Gasteiger partial charge on any atom is 0.255 e. The van der Waals surface area contributed by atoms with Crippen molar-refractivity contribution in [1.82, 2.24) is 0 Å². The molecule has 0 spiro atoms. The van der Waals surface area contributed by atoms with Gasteiger partial charge in [0.2, 0.25) is 5.91 Å². The Hall–Kier alpha value is -4.00. The van der Waals surface area contributed by atoms with E-state index in [9.17, 15) is 9.59 Å². The average molecular weight is 405 g/mol. The van der Waals surface area contributed by atoms with Crippen molar-refractivity contribution in [1.29, 1.82) is 0 Å². The van der Waals surface area contributed by atoms with Crippen LogP contribution >= 0.6 is 0 Å². The van der Waals surface area contributed by atoms with E-state index in [2.05, 4.69) is 16.0 Å². The minimum Gasteiger partial charge on any atom is -0.497 e. The van der Waals surface area contributed by atoms with Crippen LogP contribution in [0.3, 0.4) is 0 Å². The molecule has 0 aliphatic carbocycles. The summed E-state index contributed by atoms with van der Waals surface area (Å²) in [5, 5.41) is 8.66. The van der Waals surface area contributed by atoms with E-state index in [1.54, 1.807) is 87.0 Å². The second-order valence-corrected chi connectivity index (χ2v) is 6.39.